The molecule has 4 N–H and O–H groups in total. The lowest BCUT2D eigenvalue weighted by molar-refractivity contribution is -0.139. The lowest BCUT2D eigenvalue weighted by atomic mass is 10.1. The van der Waals surface area contributed by atoms with Gasteiger partial charge in [0.2, 0.25) is 5.91 Å². The molecule has 0 saturated carbocycles. The summed E-state index contributed by atoms with van der Waals surface area (Å²) < 4.78 is 44.5. The highest BCUT2D eigenvalue weighted by Crippen LogP contribution is 2.31. The van der Waals surface area contributed by atoms with E-state index in [2.05, 4.69) is 10.4 Å². The van der Waals surface area contributed by atoms with E-state index < -0.39 is 41.2 Å². The first kappa shape index (κ1) is 24.4. The lowest BCUT2D eigenvalue weighted by Gasteiger charge is -2.39. The second kappa shape index (κ2) is 10.4. The summed E-state index contributed by atoms with van der Waals surface area (Å²) in [7, 11) is 0. The molecule has 1 aliphatic heterocycles. The van der Waals surface area contributed by atoms with Gasteiger partial charge in [-0.15, -0.1) is 0 Å². The van der Waals surface area contributed by atoms with Gasteiger partial charge in [0.05, 0.1) is 44.2 Å². The predicted molar refractivity (Wildman–Crippen MR) is 101 cm³/mol. The molecule has 1 saturated heterocycles. The smallest absolute Gasteiger partial charge is 0.423 e. The molecular weight excluding hydrogens is 427 g/mol. The number of aromatic amines is 1. The molecule has 1 aliphatic rings. The normalized spacial score (nSPS) is 18.0. The van der Waals surface area contributed by atoms with Crippen molar-refractivity contribution < 1.29 is 37.7 Å². The Labute approximate surface area is 174 Å². The van der Waals surface area contributed by atoms with Crippen molar-refractivity contribution in [3.63, 3.8) is 0 Å². The molecule has 1 aromatic heterocycles. The second-order valence-corrected chi connectivity index (χ2v) is 7.01. The number of nitrogens with zero attached hydrogens (tertiary/aromatic N) is 3. The number of aliphatic hydroxyl groups excluding tert-OH is 1. The number of carboxylic acid groups (broad SMARTS) is 1. The minimum atomic E-state index is -4.86. The molecular formula is C17H24F3N5O6. The van der Waals surface area contributed by atoms with Crippen LogP contribution in [0.25, 0.3) is 0 Å². The van der Waals surface area contributed by atoms with E-state index >= 15 is 0 Å². The number of amides is 2. The van der Waals surface area contributed by atoms with Crippen LogP contribution < -0.4 is 10.9 Å². The minimum Gasteiger partial charge on any atom is -0.465 e. The van der Waals surface area contributed by atoms with E-state index in [1.807, 2.05) is 0 Å². The Morgan fingerprint density at radius 1 is 1.42 bits per heavy atom. The average Bonchev–Trinajstić information content (AvgIpc) is 2.69. The molecule has 0 aromatic carbocycles. The van der Waals surface area contributed by atoms with E-state index in [1.54, 1.807) is 5.10 Å². The molecule has 11 nitrogen and oxygen atoms in total. The van der Waals surface area contributed by atoms with Gasteiger partial charge < -0.3 is 30.1 Å². The molecule has 0 unspecified atom stereocenters. The Morgan fingerprint density at radius 2 is 2.13 bits per heavy atom. The maximum absolute atomic E-state index is 13.0. The van der Waals surface area contributed by atoms with E-state index in [-0.39, 0.29) is 51.8 Å². The molecule has 174 valence electrons. The highest BCUT2D eigenvalue weighted by Gasteiger charge is 2.37. The first-order valence-corrected chi connectivity index (χ1v) is 9.42. The fourth-order valence-electron chi connectivity index (χ4n) is 3.17. The maximum atomic E-state index is 13.0. The molecule has 2 heterocycles. The minimum absolute atomic E-state index is 0.00512. The van der Waals surface area contributed by atoms with E-state index in [0.717, 1.165) is 11.1 Å². The molecule has 0 spiro atoms. The van der Waals surface area contributed by atoms with Crippen molar-refractivity contribution in [2.75, 3.05) is 44.8 Å². The number of ether oxygens (including phenoxy) is 1. The Hall–Kier alpha value is -2.87. The fourth-order valence-corrected chi connectivity index (χ4v) is 3.17. The van der Waals surface area contributed by atoms with Crippen LogP contribution in [0.1, 0.15) is 18.9 Å². The number of H-pyrrole nitrogens is 1. The number of carbonyl (C=O) groups excluding carboxylic acids is 1. The molecule has 1 fully saturated rings. The number of nitrogens with one attached hydrogen (secondary N) is 2. The number of rotatable bonds is 8. The lowest BCUT2D eigenvalue weighted by Crippen LogP contribution is -2.57. The van der Waals surface area contributed by atoms with Crippen LogP contribution in [0.5, 0.6) is 0 Å². The van der Waals surface area contributed by atoms with Crippen LogP contribution in [0.4, 0.5) is 23.7 Å². The summed E-state index contributed by atoms with van der Waals surface area (Å²) in [6, 6.07) is -1.27. The van der Waals surface area contributed by atoms with Crippen molar-refractivity contribution in [3.8, 4) is 0 Å². The number of hydrogen-bond donors (Lipinski definition) is 4. The molecule has 14 heteroatoms. The number of hydrogen-bond acceptors (Lipinski definition) is 7. The third kappa shape index (κ3) is 6.55. The van der Waals surface area contributed by atoms with Crippen LogP contribution in [0.2, 0.25) is 0 Å². The van der Waals surface area contributed by atoms with E-state index in [0.29, 0.717) is 0 Å². The van der Waals surface area contributed by atoms with Crippen molar-refractivity contribution in [1.82, 2.24) is 20.0 Å². The van der Waals surface area contributed by atoms with Gasteiger partial charge in [-0.25, -0.2) is 9.89 Å². The Kier molecular flexibility index (Phi) is 8.21. The van der Waals surface area contributed by atoms with Crippen LogP contribution >= 0.6 is 0 Å². The zero-order valence-corrected chi connectivity index (χ0v) is 16.7. The van der Waals surface area contributed by atoms with Crippen molar-refractivity contribution >= 4 is 17.7 Å². The molecule has 0 aliphatic carbocycles. The van der Waals surface area contributed by atoms with E-state index in [1.165, 1.54) is 11.8 Å². The molecule has 0 radical (unpaired) electrons. The number of aromatic nitrogens is 2. The monoisotopic (exact) mass is 451 g/mol. The Morgan fingerprint density at radius 3 is 2.74 bits per heavy atom. The summed E-state index contributed by atoms with van der Waals surface area (Å²) in [6.07, 6.45) is -5.17. The highest BCUT2D eigenvalue weighted by molar-refractivity contribution is 5.77. The first-order valence-electron chi connectivity index (χ1n) is 9.42. The number of carbonyl (C=O) groups is 2. The van der Waals surface area contributed by atoms with Crippen LogP contribution in [-0.4, -0.2) is 93.7 Å². The average molecular weight is 451 g/mol. The number of aliphatic hydroxyl groups is 1. The van der Waals surface area contributed by atoms with Crippen molar-refractivity contribution in [2.45, 2.75) is 31.6 Å². The molecule has 0 bridgehead atoms. The number of piperazine rings is 1. The first-order chi connectivity index (χ1) is 14.5. The van der Waals surface area contributed by atoms with E-state index in [4.69, 9.17) is 9.84 Å². The zero-order chi connectivity index (χ0) is 23.2. The number of anilines is 1. The van der Waals surface area contributed by atoms with Crippen LogP contribution in [-0.2, 0) is 15.7 Å². The van der Waals surface area contributed by atoms with Gasteiger partial charge in [0.15, 0.2) is 0 Å². The molecule has 1 aromatic rings. The standard InChI is InChI=1S/C17H24F3N5O6/c1-10(22-12-6-21-23-15(28)14(12)17(18,19)20)9-31-5-2-13(27)25-4-3-24(16(29)30)7-11(25)8-26/h6,10-11,26H,2-5,7-9H2,1H3,(H,29,30)(H2,22,23,28)/t10-,11-/m0/s1. The number of halogens is 3. The van der Waals surface area contributed by atoms with Gasteiger partial charge in [-0.2, -0.15) is 18.3 Å². The highest BCUT2D eigenvalue weighted by atomic mass is 19.4. The van der Waals surface area contributed by atoms with Crippen LogP contribution in [0.15, 0.2) is 11.0 Å². The summed E-state index contributed by atoms with van der Waals surface area (Å²) in [5, 5.41) is 26.1. The molecule has 2 amide bonds. The van der Waals surface area contributed by atoms with Crippen LogP contribution in [0, 0.1) is 0 Å². The van der Waals surface area contributed by atoms with Crippen molar-refractivity contribution in [2.24, 2.45) is 0 Å². The SMILES string of the molecule is C[C@@H](COCCC(=O)N1CCN(C(=O)O)C[C@H]1CO)Nc1cn[nH]c(=O)c1C(F)(F)F. The Bertz CT molecular complexity index is 833. The molecule has 2 rings (SSSR count). The van der Waals surface area contributed by atoms with Gasteiger partial charge in [0.1, 0.15) is 5.56 Å². The van der Waals surface area contributed by atoms with Gasteiger partial charge in [-0.3, -0.25) is 9.59 Å². The van der Waals surface area contributed by atoms with Gasteiger partial charge in [0, 0.05) is 25.7 Å². The third-order valence-corrected chi connectivity index (χ3v) is 4.65. The molecule has 2 atom stereocenters. The Balaban J connectivity index is 1.81. The van der Waals surface area contributed by atoms with E-state index in [9.17, 15) is 32.7 Å². The van der Waals surface area contributed by atoms with Gasteiger partial charge in [0.25, 0.3) is 5.56 Å². The molecule has 31 heavy (non-hydrogen) atoms. The second-order valence-electron chi connectivity index (χ2n) is 7.01. The van der Waals surface area contributed by atoms with Gasteiger partial charge in [-0.1, -0.05) is 0 Å². The largest absolute Gasteiger partial charge is 0.465 e. The van der Waals surface area contributed by atoms with Crippen molar-refractivity contribution in [1.29, 1.82) is 0 Å². The number of alkyl halides is 3. The van der Waals surface area contributed by atoms with Crippen molar-refractivity contribution in [3.05, 3.63) is 22.1 Å². The topological polar surface area (TPSA) is 148 Å². The fraction of sp³-hybridized carbons (Fsp3) is 0.647. The van der Waals surface area contributed by atoms with Crippen LogP contribution in [0.3, 0.4) is 0 Å². The summed E-state index contributed by atoms with van der Waals surface area (Å²) in [5.41, 5.74) is -3.23. The third-order valence-electron chi connectivity index (χ3n) is 4.65. The summed E-state index contributed by atoms with van der Waals surface area (Å²) in [4.78, 5) is 37.3. The summed E-state index contributed by atoms with van der Waals surface area (Å²) in [5.74, 6) is -0.331. The van der Waals surface area contributed by atoms with Gasteiger partial charge >= 0.3 is 12.3 Å². The predicted octanol–water partition coefficient (Wildman–Crippen LogP) is 0.179. The maximum Gasteiger partial charge on any atom is 0.423 e. The zero-order valence-electron chi connectivity index (χ0n) is 16.7. The quantitative estimate of drug-likeness (QED) is 0.409. The van der Waals surface area contributed by atoms with Gasteiger partial charge in [-0.05, 0) is 6.92 Å². The summed E-state index contributed by atoms with van der Waals surface area (Å²) in [6.45, 7) is 1.36. The summed E-state index contributed by atoms with van der Waals surface area (Å²) >= 11 is 0.